The second-order valence-corrected chi connectivity index (χ2v) is 9.08. The lowest BCUT2D eigenvalue weighted by molar-refractivity contribution is -0.119. The molecule has 5 rings (SSSR count). The number of primary amides is 1. The van der Waals surface area contributed by atoms with Crippen LogP contribution < -0.4 is 15.8 Å². The number of amides is 1. The van der Waals surface area contributed by atoms with Gasteiger partial charge < -0.3 is 15.8 Å². The van der Waals surface area contributed by atoms with Crippen molar-refractivity contribution < 1.29 is 9.53 Å². The Morgan fingerprint density at radius 2 is 1.94 bits per heavy atom. The zero-order chi connectivity index (χ0) is 24.2. The highest BCUT2D eigenvalue weighted by Gasteiger charge is 2.25. The van der Waals surface area contributed by atoms with Gasteiger partial charge in [0.2, 0.25) is 5.91 Å². The van der Waals surface area contributed by atoms with Crippen molar-refractivity contribution >= 4 is 29.9 Å². The summed E-state index contributed by atoms with van der Waals surface area (Å²) in [6, 6.07) is 11.6. The Morgan fingerprint density at radius 3 is 2.67 bits per heavy atom. The number of likely N-dealkylation sites (tertiary alicyclic amines) is 1. The lowest BCUT2D eigenvalue weighted by Gasteiger charge is -2.31. The number of nitrogens with two attached hydrogens (primary N) is 1. The van der Waals surface area contributed by atoms with Gasteiger partial charge in [-0.15, -0.1) is 12.4 Å². The van der Waals surface area contributed by atoms with Crippen LogP contribution in [0, 0.1) is 11.3 Å². The van der Waals surface area contributed by atoms with Crippen molar-refractivity contribution in [3.63, 3.8) is 0 Å². The minimum atomic E-state index is -0.301. The molecule has 0 aromatic carbocycles. The molecule has 2 aliphatic rings. The largest absolute Gasteiger partial charge is 0.489 e. The molecule has 1 aliphatic heterocycles. The Kier molecular flexibility index (Phi) is 7.98. The lowest BCUT2D eigenvalue weighted by Crippen LogP contribution is -2.42. The summed E-state index contributed by atoms with van der Waals surface area (Å²) in [5, 5.41) is 12.4. The summed E-state index contributed by atoms with van der Waals surface area (Å²) in [5.41, 5.74) is 8.75. The maximum Gasteiger partial charge on any atom is 0.231 e. The van der Waals surface area contributed by atoms with Crippen molar-refractivity contribution in [3.8, 4) is 23.1 Å². The molecule has 1 amide bonds. The maximum absolute atomic E-state index is 11.2. The number of nitrogens with zero attached hydrogens (tertiary/aromatic N) is 5. The predicted molar refractivity (Wildman–Crippen MR) is 138 cm³/mol. The van der Waals surface area contributed by atoms with Gasteiger partial charge in [-0.25, -0.2) is 9.97 Å². The van der Waals surface area contributed by atoms with Gasteiger partial charge in [-0.05, 0) is 67.5 Å². The van der Waals surface area contributed by atoms with Crippen molar-refractivity contribution in [1.82, 2.24) is 19.9 Å². The number of halogens is 1. The summed E-state index contributed by atoms with van der Waals surface area (Å²) in [4.78, 5) is 26.7. The number of hydrogen-bond acceptors (Lipinski definition) is 8. The molecule has 36 heavy (non-hydrogen) atoms. The lowest BCUT2D eigenvalue weighted by atomic mass is 10.1. The smallest absolute Gasteiger partial charge is 0.231 e. The van der Waals surface area contributed by atoms with Gasteiger partial charge in [-0.1, -0.05) is 0 Å². The van der Waals surface area contributed by atoms with E-state index in [2.05, 4.69) is 38.4 Å². The molecule has 0 radical (unpaired) electrons. The van der Waals surface area contributed by atoms with Crippen LogP contribution in [0.1, 0.15) is 42.7 Å². The summed E-state index contributed by atoms with van der Waals surface area (Å²) < 4.78 is 6.22. The molecule has 1 saturated heterocycles. The van der Waals surface area contributed by atoms with Gasteiger partial charge >= 0.3 is 0 Å². The normalized spacial score (nSPS) is 16.0. The van der Waals surface area contributed by atoms with Crippen LogP contribution >= 0.6 is 12.4 Å². The fourth-order valence-electron chi connectivity index (χ4n) is 4.34. The number of hydrogen-bond donors (Lipinski definition) is 2. The molecule has 4 heterocycles. The summed E-state index contributed by atoms with van der Waals surface area (Å²) in [6.07, 6.45) is 9.18. The van der Waals surface area contributed by atoms with Crippen molar-refractivity contribution in [2.75, 3.05) is 25.0 Å². The highest BCUT2D eigenvalue weighted by atomic mass is 35.5. The van der Waals surface area contributed by atoms with Crippen LogP contribution in [0.5, 0.6) is 5.75 Å². The third-order valence-corrected chi connectivity index (χ3v) is 6.27. The Balaban J connectivity index is 0.00000304. The van der Waals surface area contributed by atoms with Crippen LogP contribution in [-0.4, -0.2) is 51.5 Å². The molecule has 3 N–H and O–H groups in total. The first kappa shape index (κ1) is 25.4. The summed E-state index contributed by atoms with van der Waals surface area (Å²) in [5.74, 6) is 2.19. The van der Waals surface area contributed by atoms with Crippen molar-refractivity contribution in [2.24, 2.45) is 5.73 Å². The molecule has 0 spiro atoms. The first-order valence-corrected chi connectivity index (χ1v) is 11.8. The van der Waals surface area contributed by atoms with Crippen molar-refractivity contribution in [1.29, 1.82) is 5.26 Å². The molecule has 9 nitrogen and oxygen atoms in total. The van der Waals surface area contributed by atoms with Crippen LogP contribution in [0.15, 0.2) is 48.9 Å². The molecule has 3 aromatic heterocycles. The first-order chi connectivity index (χ1) is 17.1. The van der Waals surface area contributed by atoms with Gasteiger partial charge in [-0.2, -0.15) is 5.26 Å². The van der Waals surface area contributed by atoms with E-state index in [9.17, 15) is 10.1 Å². The van der Waals surface area contributed by atoms with E-state index in [1.54, 1.807) is 30.7 Å². The molecule has 2 fully saturated rings. The Morgan fingerprint density at radius 1 is 1.14 bits per heavy atom. The van der Waals surface area contributed by atoms with E-state index in [0.717, 1.165) is 37.2 Å². The third-order valence-electron chi connectivity index (χ3n) is 6.27. The topological polar surface area (TPSA) is 130 Å². The van der Waals surface area contributed by atoms with Gasteiger partial charge in [0.15, 0.2) is 0 Å². The molecule has 0 bridgehead atoms. The Labute approximate surface area is 216 Å². The molecule has 1 aliphatic carbocycles. The molecule has 0 atom stereocenters. The van der Waals surface area contributed by atoms with Crippen LogP contribution in [0.25, 0.3) is 11.3 Å². The second kappa shape index (κ2) is 11.3. The van der Waals surface area contributed by atoms with E-state index in [4.69, 9.17) is 15.5 Å². The molecular formula is C26H28ClN7O2. The van der Waals surface area contributed by atoms with Gasteiger partial charge in [-0.3, -0.25) is 14.7 Å². The van der Waals surface area contributed by atoms with Gasteiger partial charge in [0.05, 0.1) is 30.1 Å². The average Bonchev–Trinajstić information content (AvgIpc) is 3.71. The predicted octanol–water partition coefficient (Wildman–Crippen LogP) is 3.78. The molecular weight excluding hydrogens is 478 g/mol. The average molecular weight is 506 g/mol. The minimum Gasteiger partial charge on any atom is -0.489 e. The number of piperidine rings is 1. The number of aromatic nitrogens is 3. The molecule has 186 valence electrons. The van der Waals surface area contributed by atoms with Crippen molar-refractivity contribution in [3.05, 3.63) is 60.0 Å². The SMILES string of the molecule is Cl.N#Cc1ccnc(Nc2cc(C3CC3)cc(-c3cncc(OC4CCN(CC(N)=O)CC4)c3)n2)c1. The summed E-state index contributed by atoms with van der Waals surface area (Å²) in [6.45, 7) is 1.85. The molecule has 0 unspecified atom stereocenters. The standard InChI is InChI=1S/C26H27N7O2.ClH/c27-13-17-3-6-30-25(9-17)32-26-12-19(18-1-2-18)11-23(31-26)20-10-22(15-29-14-20)35-21-4-7-33(8-5-21)16-24(28)34;/h3,6,9-12,14-15,18,21H,1-2,4-5,7-8,16H2,(H2,28,34)(H,30,31,32);1H. The van der Waals surface area contributed by atoms with E-state index < -0.39 is 0 Å². The monoisotopic (exact) mass is 505 g/mol. The molecule has 10 heteroatoms. The minimum absolute atomic E-state index is 0. The number of nitriles is 1. The number of carbonyl (C=O) groups excluding carboxylic acids is 1. The Hall–Kier alpha value is -3.74. The number of pyridine rings is 3. The van der Waals surface area contributed by atoms with Gasteiger partial charge in [0.1, 0.15) is 23.5 Å². The van der Waals surface area contributed by atoms with Crippen LogP contribution in [0.4, 0.5) is 11.6 Å². The first-order valence-electron chi connectivity index (χ1n) is 11.8. The Bertz CT molecular complexity index is 1270. The quantitative estimate of drug-likeness (QED) is 0.473. The third kappa shape index (κ3) is 6.47. The number of ether oxygens (including phenoxy) is 1. The van der Waals surface area contributed by atoms with E-state index in [1.165, 1.54) is 18.4 Å². The number of carbonyl (C=O) groups is 1. The molecule has 1 saturated carbocycles. The molecule has 3 aromatic rings. The number of rotatable bonds is 8. The zero-order valence-corrected chi connectivity index (χ0v) is 20.6. The van der Waals surface area contributed by atoms with Crippen LogP contribution in [0.2, 0.25) is 0 Å². The van der Waals surface area contributed by atoms with Gasteiger partial charge in [0, 0.05) is 31.0 Å². The fraction of sp³-hybridized carbons (Fsp3) is 0.346. The van der Waals surface area contributed by atoms with Crippen LogP contribution in [-0.2, 0) is 4.79 Å². The van der Waals surface area contributed by atoms with Gasteiger partial charge in [0.25, 0.3) is 0 Å². The van der Waals surface area contributed by atoms with E-state index in [0.29, 0.717) is 35.4 Å². The van der Waals surface area contributed by atoms with Crippen LogP contribution in [0.3, 0.4) is 0 Å². The maximum atomic E-state index is 11.2. The van der Waals surface area contributed by atoms with E-state index in [1.807, 2.05) is 6.07 Å². The highest BCUT2D eigenvalue weighted by molar-refractivity contribution is 5.85. The summed E-state index contributed by atoms with van der Waals surface area (Å²) >= 11 is 0. The number of anilines is 2. The second-order valence-electron chi connectivity index (χ2n) is 9.08. The highest BCUT2D eigenvalue weighted by Crippen LogP contribution is 2.42. The van der Waals surface area contributed by atoms with Crippen molar-refractivity contribution in [2.45, 2.75) is 37.7 Å². The zero-order valence-electron chi connectivity index (χ0n) is 19.8. The summed E-state index contributed by atoms with van der Waals surface area (Å²) in [7, 11) is 0. The van der Waals surface area contributed by atoms with E-state index >= 15 is 0 Å². The van der Waals surface area contributed by atoms with E-state index in [-0.39, 0.29) is 24.4 Å². The fourth-order valence-corrected chi connectivity index (χ4v) is 4.34. The number of nitrogens with one attached hydrogen (secondary N) is 1.